The lowest BCUT2D eigenvalue weighted by molar-refractivity contribution is -0.643. The van der Waals surface area contributed by atoms with Gasteiger partial charge in [0.2, 0.25) is 5.52 Å². The highest BCUT2D eigenvalue weighted by atomic mass is 15.0. The van der Waals surface area contributed by atoms with Gasteiger partial charge in [0.05, 0.1) is 27.3 Å². The summed E-state index contributed by atoms with van der Waals surface area (Å²) in [5.41, 5.74) is 17.9. The smallest absolute Gasteiger partial charge is 0.224 e. The summed E-state index contributed by atoms with van der Waals surface area (Å²) < 4.78 is 4.98. The van der Waals surface area contributed by atoms with Gasteiger partial charge in [-0.1, -0.05) is 71.9 Å². The minimum absolute atomic E-state index is 0.414. The molecule has 3 heterocycles. The highest BCUT2D eigenvalue weighted by Gasteiger charge is 2.29. The van der Waals surface area contributed by atoms with E-state index in [9.17, 15) is 0 Å². The lowest BCUT2D eigenvalue weighted by Gasteiger charge is -2.24. The Morgan fingerprint density at radius 3 is 1.93 bits per heavy atom. The highest BCUT2D eigenvalue weighted by molar-refractivity contribution is 6.31. The molecule has 0 amide bonds. The van der Waals surface area contributed by atoms with Crippen LogP contribution < -0.4 is 4.57 Å². The van der Waals surface area contributed by atoms with Crippen LogP contribution in [0.2, 0.25) is 0 Å². The summed E-state index contributed by atoms with van der Waals surface area (Å²) in [4.78, 5) is 0. The molecule has 4 aromatic carbocycles. The number of rotatable bonds is 4. The molecule has 0 saturated carbocycles. The van der Waals surface area contributed by atoms with Gasteiger partial charge >= 0.3 is 0 Å². The standard InChI is InChI=1S/C41H45N2/c1-21(2)29-19-30(22(3)4)37(31(20-29)23(5)6)32-18-28-15-16-42(11)40-35-27(10)25(8)17-26(9)39(35)43-33-14-12-13-24(7)34(33)38(32)41(43)36(28)40/h12-23H,1-11H3/q+1. The Bertz CT molecular complexity index is 2230. The van der Waals surface area contributed by atoms with Crippen molar-refractivity contribution in [1.82, 2.24) is 4.40 Å². The molecule has 0 aliphatic carbocycles. The summed E-state index contributed by atoms with van der Waals surface area (Å²) in [6.07, 6.45) is 2.27. The third-order valence-corrected chi connectivity index (χ3v) is 10.2. The number of aryl methyl sites for hydroxylation is 5. The van der Waals surface area contributed by atoms with Crippen LogP contribution in [0.5, 0.6) is 0 Å². The molecular weight excluding hydrogens is 520 g/mol. The van der Waals surface area contributed by atoms with Gasteiger partial charge in [-0.15, -0.1) is 0 Å². The molecule has 0 spiro atoms. The summed E-state index contributed by atoms with van der Waals surface area (Å²) >= 11 is 0. The molecule has 43 heavy (non-hydrogen) atoms. The second-order valence-corrected chi connectivity index (χ2v) is 14.1. The maximum atomic E-state index is 2.63. The quantitative estimate of drug-likeness (QED) is 0.114. The van der Waals surface area contributed by atoms with Crippen molar-refractivity contribution in [2.45, 2.75) is 87.0 Å². The fraction of sp³-hybridized carbons (Fsp3) is 0.341. The van der Waals surface area contributed by atoms with E-state index in [-0.39, 0.29) is 0 Å². The highest BCUT2D eigenvalue weighted by Crippen LogP contribution is 2.49. The van der Waals surface area contributed by atoms with E-state index in [2.05, 4.69) is 140 Å². The van der Waals surface area contributed by atoms with Crippen LogP contribution in [0.1, 0.15) is 98.2 Å². The van der Waals surface area contributed by atoms with Gasteiger partial charge in [-0.25, -0.2) is 4.57 Å². The Hall–Kier alpha value is -3.91. The molecule has 0 N–H and O–H groups in total. The summed E-state index contributed by atoms with van der Waals surface area (Å²) in [5, 5.41) is 6.85. The van der Waals surface area contributed by atoms with Crippen LogP contribution in [0.4, 0.5) is 0 Å². The number of hydrogen-bond donors (Lipinski definition) is 0. The van der Waals surface area contributed by atoms with Crippen LogP contribution in [0.15, 0.2) is 54.7 Å². The predicted molar refractivity (Wildman–Crippen MR) is 186 cm³/mol. The van der Waals surface area contributed by atoms with Crippen molar-refractivity contribution in [3.05, 3.63) is 93.7 Å². The van der Waals surface area contributed by atoms with Gasteiger partial charge in [0.15, 0.2) is 6.20 Å². The first-order valence-corrected chi connectivity index (χ1v) is 16.1. The SMILES string of the molecule is Cc1cc(C)c2c(c1C)c1c3c(cc[n+]1C)cc(-c1c(C(C)C)cc(C(C)C)cc1C(C)C)c1c4c(C)cccc4n2c13. The summed E-state index contributed by atoms with van der Waals surface area (Å²) in [5.74, 6) is 1.32. The van der Waals surface area contributed by atoms with Crippen LogP contribution in [-0.2, 0) is 7.05 Å². The molecule has 0 saturated heterocycles. The van der Waals surface area contributed by atoms with Crippen molar-refractivity contribution in [1.29, 1.82) is 0 Å². The lowest BCUT2D eigenvalue weighted by Crippen LogP contribution is -2.29. The zero-order chi connectivity index (χ0) is 30.6. The fourth-order valence-corrected chi connectivity index (χ4v) is 7.92. The largest absolute Gasteiger partial charge is 0.307 e. The second-order valence-electron chi connectivity index (χ2n) is 14.1. The molecule has 218 valence electrons. The molecular formula is C41H45N2+. The molecule has 0 aliphatic heterocycles. The number of hydrogen-bond acceptors (Lipinski definition) is 0. The van der Waals surface area contributed by atoms with Crippen molar-refractivity contribution in [3.63, 3.8) is 0 Å². The molecule has 0 unspecified atom stereocenters. The molecule has 0 bridgehead atoms. The van der Waals surface area contributed by atoms with Crippen LogP contribution >= 0.6 is 0 Å². The molecule has 2 heteroatoms. The maximum absolute atomic E-state index is 2.63. The first-order valence-electron chi connectivity index (χ1n) is 16.1. The van der Waals surface area contributed by atoms with Gasteiger partial charge in [0.1, 0.15) is 7.05 Å². The van der Waals surface area contributed by atoms with Crippen molar-refractivity contribution in [2.24, 2.45) is 7.05 Å². The normalized spacial score (nSPS) is 12.7. The first kappa shape index (κ1) is 27.9. The van der Waals surface area contributed by atoms with Crippen molar-refractivity contribution >= 4 is 49.0 Å². The van der Waals surface area contributed by atoms with E-state index in [4.69, 9.17) is 0 Å². The van der Waals surface area contributed by atoms with E-state index >= 15 is 0 Å². The predicted octanol–water partition coefficient (Wildman–Crippen LogP) is 11.1. The minimum Gasteiger partial charge on any atom is -0.307 e. The molecule has 7 aromatic rings. The van der Waals surface area contributed by atoms with E-state index in [1.165, 1.54) is 99.1 Å². The number of fused-ring (bicyclic) bond motifs is 6. The molecule has 3 aromatic heterocycles. The van der Waals surface area contributed by atoms with Crippen LogP contribution in [0.25, 0.3) is 60.1 Å². The monoisotopic (exact) mass is 565 g/mol. The van der Waals surface area contributed by atoms with Crippen molar-refractivity contribution in [2.75, 3.05) is 0 Å². The van der Waals surface area contributed by atoms with E-state index in [0.717, 1.165) is 0 Å². The Labute approximate surface area is 256 Å². The Morgan fingerprint density at radius 1 is 0.628 bits per heavy atom. The third kappa shape index (κ3) is 3.75. The second kappa shape index (κ2) is 9.55. The Morgan fingerprint density at radius 2 is 1.30 bits per heavy atom. The average molecular weight is 566 g/mol. The topological polar surface area (TPSA) is 8.29 Å². The fourth-order valence-electron chi connectivity index (χ4n) is 7.92. The summed E-state index contributed by atoms with van der Waals surface area (Å²) in [6, 6.07) is 19.2. The van der Waals surface area contributed by atoms with Crippen LogP contribution in [0, 0.1) is 27.7 Å². The zero-order valence-electron chi connectivity index (χ0n) is 27.8. The molecule has 2 nitrogen and oxygen atoms in total. The van der Waals surface area contributed by atoms with Crippen molar-refractivity contribution < 1.29 is 4.57 Å². The molecule has 0 aliphatic rings. The van der Waals surface area contributed by atoms with Gasteiger partial charge in [0.25, 0.3) is 0 Å². The third-order valence-electron chi connectivity index (χ3n) is 10.2. The van der Waals surface area contributed by atoms with Gasteiger partial charge < -0.3 is 4.40 Å². The van der Waals surface area contributed by atoms with Gasteiger partial charge in [-0.2, -0.15) is 0 Å². The van der Waals surface area contributed by atoms with Gasteiger partial charge in [-0.05, 0) is 113 Å². The molecule has 0 atom stereocenters. The van der Waals surface area contributed by atoms with E-state index in [0.29, 0.717) is 17.8 Å². The van der Waals surface area contributed by atoms with Gasteiger partial charge in [0, 0.05) is 16.8 Å². The molecule has 7 rings (SSSR count). The Balaban J connectivity index is 1.86. The van der Waals surface area contributed by atoms with E-state index < -0.39 is 0 Å². The molecule has 0 fully saturated rings. The average Bonchev–Trinajstić information content (AvgIpc) is 3.31. The van der Waals surface area contributed by atoms with Gasteiger partial charge in [-0.3, -0.25) is 0 Å². The van der Waals surface area contributed by atoms with Crippen molar-refractivity contribution in [3.8, 4) is 11.1 Å². The lowest BCUT2D eigenvalue weighted by atomic mass is 9.80. The van der Waals surface area contributed by atoms with E-state index in [1.807, 2.05) is 0 Å². The minimum atomic E-state index is 0.414. The number of benzene rings is 4. The summed E-state index contributed by atoms with van der Waals surface area (Å²) in [7, 11) is 2.22. The first-order chi connectivity index (χ1) is 20.4. The maximum Gasteiger partial charge on any atom is 0.224 e. The molecule has 0 radical (unpaired) electrons. The van der Waals surface area contributed by atoms with Crippen LogP contribution in [0.3, 0.4) is 0 Å². The number of nitrogens with zero attached hydrogens (tertiary/aromatic N) is 2. The zero-order valence-corrected chi connectivity index (χ0v) is 27.8. The van der Waals surface area contributed by atoms with E-state index in [1.54, 1.807) is 0 Å². The van der Waals surface area contributed by atoms with Crippen LogP contribution in [-0.4, -0.2) is 4.40 Å². The number of pyridine rings is 2. The summed E-state index contributed by atoms with van der Waals surface area (Å²) in [6.45, 7) is 23.3. The number of aromatic nitrogens is 2. The Kier molecular flexibility index (Phi) is 6.19.